The Balaban J connectivity index is 1.68. The summed E-state index contributed by atoms with van der Waals surface area (Å²) in [4.78, 5) is 11.4. The highest BCUT2D eigenvalue weighted by molar-refractivity contribution is 6.32. The van der Waals surface area contributed by atoms with E-state index in [1.807, 2.05) is 48.5 Å². The first-order valence-electron chi connectivity index (χ1n) is 7.26. The van der Waals surface area contributed by atoms with Crippen molar-refractivity contribution in [2.24, 2.45) is 0 Å². The molecule has 0 aliphatic rings. The van der Waals surface area contributed by atoms with Crippen LogP contribution in [0.4, 0.5) is 0 Å². The van der Waals surface area contributed by atoms with Crippen molar-refractivity contribution in [2.75, 3.05) is 13.2 Å². The van der Waals surface area contributed by atoms with Crippen LogP contribution in [0.2, 0.25) is 5.02 Å². The van der Waals surface area contributed by atoms with Crippen LogP contribution in [-0.4, -0.2) is 19.5 Å². The highest BCUT2D eigenvalue weighted by Gasteiger charge is 2.08. The number of aldehydes is 1. The predicted molar refractivity (Wildman–Crippen MR) is 91.8 cm³/mol. The Morgan fingerprint density at radius 2 is 1.52 bits per heavy atom. The molecule has 116 valence electrons. The van der Waals surface area contributed by atoms with E-state index in [2.05, 4.69) is 0 Å². The summed E-state index contributed by atoms with van der Waals surface area (Å²) in [6, 6.07) is 18.7. The van der Waals surface area contributed by atoms with Gasteiger partial charge >= 0.3 is 0 Å². The van der Waals surface area contributed by atoms with Crippen LogP contribution in [-0.2, 0) is 0 Å². The molecule has 3 nitrogen and oxygen atoms in total. The molecule has 0 spiro atoms. The van der Waals surface area contributed by atoms with Crippen LogP contribution in [0.1, 0.15) is 10.4 Å². The molecule has 3 aromatic carbocycles. The normalized spacial score (nSPS) is 10.5. The lowest BCUT2D eigenvalue weighted by molar-refractivity contribution is 0.112. The smallest absolute Gasteiger partial charge is 0.154 e. The maximum absolute atomic E-state index is 11.4. The molecule has 0 heterocycles. The van der Waals surface area contributed by atoms with Crippen molar-refractivity contribution in [3.8, 4) is 11.5 Å². The average Bonchev–Trinajstić information content (AvgIpc) is 2.59. The van der Waals surface area contributed by atoms with Crippen molar-refractivity contribution in [3.63, 3.8) is 0 Å². The highest BCUT2D eigenvalue weighted by atomic mass is 35.5. The van der Waals surface area contributed by atoms with Crippen LogP contribution < -0.4 is 9.47 Å². The molecule has 3 rings (SSSR count). The first-order valence-corrected chi connectivity index (χ1v) is 7.64. The third kappa shape index (κ3) is 3.46. The molecule has 0 saturated heterocycles. The zero-order valence-electron chi connectivity index (χ0n) is 12.4. The van der Waals surface area contributed by atoms with Gasteiger partial charge in [0.2, 0.25) is 0 Å². The monoisotopic (exact) mass is 326 g/mol. The fourth-order valence-corrected chi connectivity index (χ4v) is 2.58. The van der Waals surface area contributed by atoms with E-state index in [1.165, 1.54) is 0 Å². The molecule has 0 aliphatic heterocycles. The predicted octanol–water partition coefficient (Wildman–Crippen LogP) is 4.76. The summed E-state index contributed by atoms with van der Waals surface area (Å²) in [6.07, 6.45) is 0.826. The Morgan fingerprint density at radius 1 is 0.826 bits per heavy atom. The average molecular weight is 327 g/mol. The fraction of sp³-hybridized carbons (Fsp3) is 0.105. The second-order valence-corrected chi connectivity index (χ2v) is 5.35. The lowest BCUT2D eigenvalue weighted by Crippen LogP contribution is -2.10. The molecule has 0 bridgehead atoms. The summed E-state index contributed by atoms with van der Waals surface area (Å²) < 4.78 is 11.3. The van der Waals surface area contributed by atoms with E-state index in [4.69, 9.17) is 21.1 Å². The molecule has 0 amide bonds. The number of hydrogen-bond acceptors (Lipinski definition) is 3. The Morgan fingerprint density at radius 3 is 2.30 bits per heavy atom. The Labute approximate surface area is 139 Å². The van der Waals surface area contributed by atoms with Gasteiger partial charge in [-0.1, -0.05) is 54.1 Å². The number of para-hydroxylation sites is 1. The lowest BCUT2D eigenvalue weighted by Gasteiger charge is -2.12. The first-order chi connectivity index (χ1) is 11.3. The van der Waals surface area contributed by atoms with Crippen molar-refractivity contribution < 1.29 is 14.3 Å². The first kappa shape index (κ1) is 15.4. The van der Waals surface area contributed by atoms with Gasteiger partial charge in [0.15, 0.2) is 6.29 Å². The fourth-order valence-electron chi connectivity index (χ4n) is 2.39. The molecule has 0 atom stereocenters. The minimum Gasteiger partial charge on any atom is -0.489 e. The molecule has 0 saturated carbocycles. The second-order valence-electron chi connectivity index (χ2n) is 4.94. The number of halogens is 1. The van der Waals surface area contributed by atoms with Crippen LogP contribution in [0.25, 0.3) is 10.8 Å². The van der Waals surface area contributed by atoms with Crippen molar-refractivity contribution in [3.05, 3.63) is 71.2 Å². The number of ether oxygens (including phenoxy) is 2. The molecule has 0 unspecified atom stereocenters. The topological polar surface area (TPSA) is 35.5 Å². The van der Waals surface area contributed by atoms with E-state index in [0.717, 1.165) is 17.1 Å². The van der Waals surface area contributed by atoms with Gasteiger partial charge in [0.1, 0.15) is 24.7 Å². The molecule has 0 fully saturated rings. The van der Waals surface area contributed by atoms with Gasteiger partial charge in [0, 0.05) is 0 Å². The Bertz CT molecular complexity index is 830. The molecule has 0 aliphatic carbocycles. The lowest BCUT2D eigenvalue weighted by atomic mass is 10.0. The second kappa shape index (κ2) is 7.16. The minimum atomic E-state index is 0.324. The molecule has 0 aromatic heterocycles. The molecule has 3 aromatic rings. The van der Waals surface area contributed by atoms with E-state index < -0.39 is 0 Å². The van der Waals surface area contributed by atoms with E-state index in [0.29, 0.717) is 35.3 Å². The van der Waals surface area contributed by atoms with Crippen molar-refractivity contribution in [2.45, 2.75) is 0 Å². The summed E-state index contributed by atoms with van der Waals surface area (Å²) in [5.41, 5.74) is 0.556. The van der Waals surface area contributed by atoms with Crippen molar-refractivity contribution in [1.82, 2.24) is 0 Å². The van der Waals surface area contributed by atoms with Crippen LogP contribution in [0.3, 0.4) is 0 Å². The van der Waals surface area contributed by atoms with Crippen LogP contribution >= 0.6 is 11.6 Å². The van der Waals surface area contributed by atoms with Crippen molar-refractivity contribution >= 4 is 28.7 Å². The van der Waals surface area contributed by atoms with Gasteiger partial charge in [-0.15, -0.1) is 0 Å². The molecule has 4 heteroatoms. The molecular weight excluding hydrogens is 312 g/mol. The van der Waals surface area contributed by atoms with Gasteiger partial charge in [-0.3, -0.25) is 4.79 Å². The van der Waals surface area contributed by atoms with Gasteiger partial charge in [-0.25, -0.2) is 0 Å². The molecule has 23 heavy (non-hydrogen) atoms. The third-order valence-corrected chi connectivity index (χ3v) is 3.80. The van der Waals surface area contributed by atoms with Crippen LogP contribution in [0.5, 0.6) is 11.5 Å². The quantitative estimate of drug-likeness (QED) is 0.484. The Kier molecular flexibility index (Phi) is 4.79. The zero-order chi connectivity index (χ0) is 16.1. The maximum Gasteiger partial charge on any atom is 0.154 e. The third-order valence-electron chi connectivity index (χ3n) is 3.48. The summed E-state index contributed by atoms with van der Waals surface area (Å²) in [5, 5.41) is 2.45. The molecule has 0 N–H and O–H groups in total. The maximum atomic E-state index is 11.4. The minimum absolute atomic E-state index is 0.324. The summed E-state index contributed by atoms with van der Waals surface area (Å²) in [6.45, 7) is 0.666. The van der Waals surface area contributed by atoms with Gasteiger partial charge in [-0.2, -0.15) is 0 Å². The zero-order valence-corrected chi connectivity index (χ0v) is 13.1. The van der Waals surface area contributed by atoms with Gasteiger partial charge in [-0.05, 0) is 29.0 Å². The van der Waals surface area contributed by atoms with Gasteiger partial charge < -0.3 is 9.47 Å². The van der Waals surface area contributed by atoms with E-state index >= 15 is 0 Å². The number of hydrogen-bond donors (Lipinski definition) is 0. The molecule has 0 radical (unpaired) electrons. The Hall–Kier alpha value is -2.52. The summed E-state index contributed by atoms with van der Waals surface area (Å²) in [5.74, 6) is 1.17. The highest BCUT2D eigenvalue weighted by Crippen LogP contribution is 2.27. The number of carbonyl (C=O) groups is 1. The number of benzene rings is 3. The summed E-state index contributed by atoms with van der Waals surface area (Å²) in [7, 11) is 0. The van der Waals surface area contributed by atoms with Crippen LogP contribution in [0, 0.1) is 0 Å². The SMILES string of the molecule is O=Cc1c(OCCOc2ccccc2Cl)ccc2ccccc12. The van der Waals surface area contributed by atoms with Gasteiger partial charge in [0.25, 0.3) is 0 Å². The van der Waals surface area contributed by atoms with Crippen molar-refractivity contribution in [1.29, 1.82) is 0 Å². The van der Waals surface area contributed by atoms with Gasteiger partial charge in [0.05, 0.1) is 10.6 Å². The largest absolute Gasteiger partial charge is 0.489 e. The van der Waals surface area contributed by atoms with E-state index in [9.17, 15) is 4.79 Å². The molecular formula is C19H15ClO3. The standard InChI is InChI=1S/C19H15ClO3/c20-17-7-3-4-8-19(17)23-12-11-22-18-10-9-14-5-1-2-6-15(14)16(18)13-21/h1-10,13H,11-12H2. The summed E-state index contributed by atoms with van der Waals surface area (Å²) >= 11 is 6.02. The number of rotatable bonds is 6. The van der Waals surface area contributed by atoms with E-state index in [1.54, 1.807) is 12.1 Å². The number of carbonyl (C=O) groups excluding carboxylic acids is 1. The number of fused-ring (bicyclic) bond motifs is 1. The van der Waals surface area contributed by atoms with E-state index in [-0.39, 0.29) is 0 Å². The van der Waals surface area contributed by atoms with Crippen LogP contribution in [0.15, 0.2) is 60.7 Å².